The molecule has 0 N–H and O–H groups in total. The number of rotatable bonds is 5. The van der Waals surface area contributed by atoms with Crippen LogP contribution in [0.2, 0.25) is 0 Å². The average molecular weight is 228 g/mol. The van der Waals surface area contributed by atoms with Gasteiger partial charge in [-0.25, -0.2) is 8.78 Å². The van der Waals surface area contributed by atoms with E-state index >= 15 is 0 Å². The molecule has 1 atom stereocenters. The molecule has 0 fully saturated rings. The van der Waals surface area contributed by atoms with Crippen LogP contribution < -0.4 is 0 Å². The van der Waals surface area contributed by atoms with Crippen LogP contribution in [0.25, 0.3) is 0 Å². The summed E-state index contributed by atoms with van der Waals surface area (Å²) in [5.74, 6) is -2.04. The van der Waals surface area contributed by atoms with Gasteiger partial charge in [-0.15, -0.1) is 0 Å². The molecule has 16 heavy (non-hydrogen) atoms. The smallest absolute Gasteiger partial charge is 0.165 e. The van der Waals surface area contributed by atoms with Crippen LogP contribution in [0.4, 0.5) is 8.78 Å². The van der Waals surface area contributed by atoms with Gasteiger partial charge in [0.1, 0.15) is 11.6 Å². The lowest BCUT2D eigenvalue weighted by molar-refractivity contribution is 0.0893. The van der Waals surface area contributed by atoms with Crippen LogP contribution in [0.3, 0.4) is 0 Å². The van der Waals surface area contributed by atoms with Crippen molar-refractivity contribution in [2.45, 2.75) is 13.3 Å². The minimum Gasteiger partial charge on any atom is -0.385 e. The summed E-state index contributed by atoms with van der Waals surface area (Å²) in [5, 5.41) is 0. The standard InChI is InChI=1S/C12H14F2O2/c1-8(3-4-16-2)12(15)9-5-10(13)7-11(14)6-9/h5-8H,3-4H2,1-2H3. The topological polar surface area (TPSA) is 26.3 Å². The second-order valence-corrected chi connectivity index (χ2v) is 3.70. The lowest BCUT2D eigenvalue weighted by Gasteiger charge is -2.09. The number of carbonyl (C=O) groups excluding carboxylic acids is 1. The van der Waals surface area contributed by atoms with Gasteiger partial charge in [-0.1, -0.05) is 6.92 Å². The zero-order valence-electron chi connectivity index (χ0n) is 9.30. The van der Waals surface area contributed by atoms with E-state index in [2.05, 4.69) is 0 Å². The van der Waals surface area contributed by atoms with E-state index in [4.69, 9.17) is 4.74 Å². The molecule has 0 spiro atoms. The lowest BCUT2D eigenvalue weighted by Crippen LogP contribution is -2.14. The van der Waals surface area contributed by atoms with Crippen LogP contribution in [0.1, 0.15) is 23.7 Å². The second-order valence-electron chi connectivity index (χ2n) is 3.70. The van der Waals surface area contributed by atoms with Crippen LogP contribution in [-0.2, 0) is 4.74 Å². The highest BCUT2D eigenvalue weighted by molar-refractivity contribution is 5.97. The normalized spacial score (nSPS) is 12.5. The summed E-state index contributed by atoms with van der Waals surface area (Å²) in [6.45, 7) is 2.16. The van der Waals surface area contributed by atoms with Gasteiger partial charge in [-0.05, 0) is 18.6 Å². The Bertz CT molecular complexity index is 357. The Morgan fingerprint density at radius 2 is 1.88 bits per heavy atom. The highest BCUT2D eigenvalue weighted by Gasteiger charge is 2.16. The third-order valence-electron chi connectivity index (χ3n) is 2.35. The molecule has 0 radical (unpaired) electrons. The minimum absolute atomic E-state index is 0.0705. The van der Waals surface area contributed by atoms with Crippen LogP contribution in [-0.4, -0.2) is 19.5 Å². The molecule has 1 unspecified atom stereocenters. The van der Waals surface area contributed by atoms with Crippen molar-refractivity contribution in [3.8, 4) is 0 Å². The molecule has 0 aliphatic rings. The molecule has 0 saturated heterocycles. The molecule has 0 bridgehead atoms. The molecular formula is C12H14F2O2. The molecule has 0 aliphatic carbocycles. The summed E-state index contributed by atoms with van der Waals surface area (Å²) in [6.07, 6.45) is 0.535. The predicted octanol–water partition coefficient (Wildman–Crippen LogP) is 2.82. The van der Waals surface area contributed by atoms with Crippen molar-refractivity contribution in [1.29, 1.82) is 0 Å². The number of Topliss-reactive ketones (excluding diaryl/α,β-unsaturated/α-hetero) is 1. The Balaban J connectivity index is 2.79. The highest BCUT2D eigenvalue weighted by Crippen LogP contribution is 2.15. The number of methoxy groups -OCH3 is 1. The molecule has 0 aliphatic heterocycles. The van der Waals surface area contributed by atoms with Crippen molar-refractivity contribution < 1.29 is 18.3 Å². The fraction of sp³-hybridized carbons (Fsp3) is 0.417. The van der Waals surface area contributed by atoms with Gasteiger partial charge in [0.05, 0.1) is 0 Å². The Morgan fingerprint density at radius 3 is 2.38 bits per heavy atom. The maximum Gasteiger partial charge on any atom is 0.165 e. The first kappa shape index (κ1) is 12.8. The maximum atomic E-state index is 12.9. The van der Waals surface area contributed by atoms with Crippen LogP contribution in [0.5, 0.6) is 0 Å². The van der Waals surface area contributed by atoms with E-state index in [9.17, 15) is 13.6 Å². The van der Waals surface area contributed by atoms with E-state index in [0.717, 1.165) is 18.2 Å². The number of halogens is 2. The van der Waals surface area contributed by atoms with Crippen molar-refractivity contribution >= 4 is 5.78 Å². The molecular weight excluding hydrogens is 214 g/mol. The summed E-state index contributed by atoms with van der Waals surface area (Å²) >= 11 is 0. The van der Waals surface area contributed by atoms with E-state index in [-0.39, 0.29) is 17.3 Å². The van der Waals surface area contributed by atoms with Crippen LogP contribution >= 0.6 is 0 Å². The first-order chi connectivity index (χ1) is 7.54. The lowest BCUT2D eigenvalue weighted by atomic mass is 9.96. The third kappa shape index (κ3) is 3.38. The number of carbonyl (C=O) groups is 1. The van der Waals surface area contributed by atoms with Crippen LogP contribution in [0.15, 0.2) is 18.2 Å². The molecule has 1 aromatic carbocycles. The van der Waals surface area contributed by atoms with Crippen molar-refractivity contribution in [3.05, 3.63) is 35.4 Å². The zero-order chi connectivity index (χ0) is 12.1. The quantitative estimate of drug-likeness (QED) is 0.724. The summed E-state index contributed by atoms with van der Waals surface area (Å²) in [4.78, 5) is 11.8. The number of hydrogen-bond donors (Lipinski definition) is 0. The minimum atomic E-state index is -0.734. The van der Waals surface area contributed by atoms with Crippen molar-refractivity contribution in [1.82, 2.24) is 0 Å². The molecule has 0 saturated carbocycles. The van der Waals surface area contributed by atoms with Gasteiger partial charge in [0.25, 0.3) is 0 Å². The van der Waals surface area contributed by atoms with Crippen molar-refractivity contribution in [3.63, 3.8) is 0 Å². The first-order valence-corrected chi connectivity index (χ1v) is 5.04. The summed E-state index contributed by atoms with van der Waals surface area (Å²) in [7, 11) is 1.54. The Morgan fingerprint density at radius 1 is 1.31 bits per heavy atom. The van der Waals surface area contributed by atoms with E-state index < -0.39 is 11.6 Å². The summed E-state index contributed by atoms with van der Waals surface area (Å²) in [5.41, 5.74) is 0.0705. The van der Waals surface area contributed by atoms with Gasteiger partial charge in [-0.2, -0.15) is 0 Å². The molecule has 4 heteroatoms. The second kappa shape index (κ2) is 5.70. The summed E-state index contributed by atoms with van der Waals surface area (Å²) < 4.78 is 30.6. The average Bonchev–Trinajstić information content (AvgIpc) is 2.23. The fourth-order valence-corrected chi connectivity index (χ4v) is 1.41. The fourth-order valence-electron chi connectivity index (χ4n) is 1.41. The van der Waals surface area contributed by atoms with E-state index in [0.29, 0.717) is 13.0 Å². The Hall–Kier alpha value is -1.29. The number of hydrogen-bond acceptors (Lipinski definition) is 2. The molecule has 2 nitrogen and oxygen atoms in total. The molecule has 0 heterocycles. The monoisotopic (exact) mass is 228 g/mol. The van der Waals surface area contributed by atoms with Gasteiger partial charge < -0.3 is 4.74 Å². The SMILES string of the molecule is COCCC(C)C(=O)c1cc(F)cc(F)c1. The van der Waals surface area contributed by atoms with E-state index in [1.54, 1.807) is 14.0 Å². The first-order valence-electron chi connectivity index (χ1n) is 5.04. The number of ether oxygens (including phenoxy) is 1. The van der Waals surface area contributed by atoms with E-state index in [1.165, 1.54) is 0 Å². The molecule has 1 aromatic rings. The zero-order valence-corrected chi connectivity index (χ0v) is 9.30. The number of ketones is 1. The predicted molar refractivity (Wildman–Crippen MR) is 56.3 cm³/mol. The van der Waals surface area contributed by atoms with Crippen molar-refractivity contribution in [2.75, 3.05) is 13.7 Å². The molecule has 0 aromatic heterocycles. The summed E-state index contributed by atoms with van der Waals surface area (Å²) in [6, 6.07) is 2.85. The number of benzene rings is 1. The van der Waals surface area contributed by atoms with Gasteiger partial charge in [0.15, 0.2) is 5.78 Å². The Kier molecular flexibility index (Phi) is 4.55. The van der Waals surface area contributed by atoms with Crippen LogP contribution in [0, 0.1) is 17.6 Å². The van der Waals surface area contributed by atoms with Gasteiger partial charge in [0, 0.05) is 31.3 Å². The van der Waals surface area contributed by atoms with Gasteiger partial charge >= 0.3 is 0 Å². The molecule has 88 valence electrons. The third-order valence-corrected chi connectivity index (χ3v) is 2.35. The molecule has 1 rings (SSSR count). The van der Waals surface area contributed by atoms with Gasteiger partial charge in [-0.3, -0.25) is 4.79 Å². The molecule has 0 amide bonds. The largest absolute Gasteiger partial charge is 0.385 e. The Labute approximate surface area is 93.2 Å². The van der Waals surface area contributed by atoms with Gasteiger partial charge in [0.2, 0.25) is 0 Å². The van der Waals surface area contributed by atoms with Crippen molar-refractivity contribution in [2.24, 2.45) is 5.92 Å². The van der Waals surface area contributed by atoms with E-state index in [1.807, 2.05) is 0 Å². The highest BCUT2D eigenvalue weighted by atomic mass is 19.1. The maximum absolute atomic E-state index is 12.9.